The molecule has 21 heavy (non-hydrogen) atoms. The number of nitrogens with one attached hydrogen (secondary N) is 1. The van der Waals surface area contributed by atoms with Crippen molar-refractivity contribution >= 4 is 6.08 Å². The third-order valence-corrected chi connectivity index (χ3v) is 3.62. The average Bonchev–Trinajstić information content (AvgIpc) is 2.55. The molecule has 0 spiro atoms. The van der Waals surface area contributed by atoms with Crippen LogP contribution in [0.4, 0.5) is 0 Å². The highest BCUT2D eigenvalue weighted by Gasteiger charge is 1.98. The van der Waals surface area contributed by atoms with Crippen LogP contribution in [0.3, 0.4) is 0 Å². The van der Waals surface area contributed by atoms with Gasteiger partial charge in [0.25, 0.3) is 0 Å². The van der Waals surface area contributed by atoms with Gasteiger partial charge in [-0.25, -0.2) is 0 Å². The Morgan fingerprint density at radius 2 is 1.57 bits per heavy atom. The van der Waals surface area contributed by atoms with Crippen LogP contribution in [0.5, 0.6) is 0 Å². The van der Waals surface area contributed by atoms with Crippen LogP contribution in [0.2, 0.25) is 0 Å². The summed E-state index contributed by atoms with van der Waals surface area (Å²) in [6.45, 7) is 6.50. The van der Waals surface area contributed by atoms with Crippen LogP contribution in [0, 0.1) is 0 Å². The van der Waals surface area contributed by atoms with Gasteiger partial charge in [-0.3, -0.25) is 0 Å². The second-order valence-electron chi connectivity index (χ2n) is 5.32. The van der Waals surface area contributed by atoms with E-state index in [1.165, 1.54) is 28.7 Å². The van der Waals surface area contributed by atoms with Crippen molar-refractivity contribution in [3.8, 4) is 11.1 Å². The van der Waals surface area contributed by atoms with Crippen molar-refractivity contribution in [2.75, 3.05) is 13.1 Å². The topological polar surface area (TPSA) is 12.0 Å². The number of hydrogen-bond donors (Lipinski definition) is 1. The maximum Gasteiger partial charge on any atom is 0.0167 e. The predicted octanol–water partition coefficient (Wildman–Crippen LogP) is 5.15. The minimum absolute atomic E-state index is 0.991. The van der Waals surface area contributed by atoms with E-state index < -0.39 is 0 Å². The summed E-state index contributed by atoms with van der Waals surface area (Å²) in [5.41, 5.74) is 5.28. The molecule has 0 amide bonds. The SMILES string of the molecule is CCCNCC(=Cc1ccc(-c2ccccc2)cc1)CC. The van der Waals surface area contributed by atoms with E-state index >= 15 is 0 Å². The van der Waals surface area contributed by atoms with E-state index in [4.69, 9.17) is 0 Å². The molecule has 0 unspecified atom stereocenters. The summed E-state index contributed by atoms with van der Waals surface area (Å²) >= 11 is 0. The van der Waals surface area contributed by atoms with Gasteiger partial charge >= 0.3 is 0 Å². The molecule has 0 saturated carbocycles. The van der Waals surface area contributed by atoms with Crippen LogP contribution in [0.25, 0.3) is 17.2 Å². The third-order valence-electron chi connectivity index (χ3n) is 3.62. The highest BCUT2D eigenvalue weighted by atomic mass is 14.8. The first-order valence-corrected chi connectivity index (χ1v) is 7.89. The summed E-state index contributed by atoms with van der Waals surface area (Å²) in [5, 5.41) is 3.48. The van der Waals surface area contributed by atoms with Crippen LogP contribution in [-0.2, 0) is 0 Å². The maximum absolute atomic E-state index is 3.48. The molecule has 2 rings (SSSR count). The zero-order chi connectivity index (χ0) is 14.9. The van der Waals surface area contributed by atoms with Crippen LogP contribution in [0.1, 0.15) is 32.3 Å². The monoisotopic (exact) mass is 279 g/mol. The summed E-state index contributed by atoms with van der Waals surface area (Å²) in [7, 11) is 0. The third kappa shape index (κ3) is 4.87. The van der Waals surface area contributed by atoms with E-state index in [0.29, 0.717) is 0 Å². The average molecular weight is 279 g/mol. The fourth-order valence-corrected chi connectivity index (χ4v) is 2.34. The van der Waals surface area contributed by atoms with Gasteiger partial charge < -0.3 is 5.32 Å². The Kier molecular flexibility index (Phi) is 6.23. The smallest absolute Gasteiger partial charge is 0.0167 e. The molecule has 0 aliphatic carbocycles. The van der Waals surface area contributed by atoms with Crippen LogP contribution >= 0.6 is 0 Å². The van der Waals surface area contributed by atoms with Crippen molar-refractivity contribution in [1.82, 2.24) is 5.32 Å². The fraction of sp³-hybridized carbons (Fsp3) is 0.300. The molecular weight excluding hydrogens is 254 g/mol. The molecule has 2 aromatic carbocycles. The minimum Gasteiger partial charge on any atom is -0.313 e. The Balaban J connectivity index is 2.07. The second-order valence-corrected chi connectivity index (χ2v) is 5.32. The second kappa shape index (κ2) is 8.43. The minimum atomic E-state index is 0.991. The van der Waals surface area contributed by atoms with Crippen molar-refractivity contribution in [2.24, 2.45) is 0 Å². The Morgan fingerprint density at radius 3 is 2.19 bits per heavy atom. The lowest BCUT2D eigenvalue weighted by Gasteiger charge is -2.07. The molecule has 0 bridgehead atoms. The lowest BCUT2D eigenvalue weighted by atomic mass is 10.0. The van der Waals surface area contributed by atoms with Crippen molar-refractivity contribution in [3.63, 3.8) is 0 Å². The van der Waals surface area contributed by atoms with Crippen LogP contribution < -0.4 is 5.32 Å². The van der Waals surface area contributed by atoms with E-state index in [-0.39, 0.29) is 0 Å². The summed E-state index contributed by atoms with van der Waals surface area (Å²) in [6, 6.07) is 19.3. The first-order valence-electron chi connectivity index (χ1n) is 7.89. The van der Waals surface area contributed by atoms with Crippen molar-refractivity contribution in [1.29, 1.82) is 0 Å². The fourth-order valence-electron chi connectivity index (χ4n) is 2.34. The lowest BCUT2D eigenvalue weighted by Crippen LogP contribution is -2.17. The molecule has 0 atom stereocenters. The Labute approximate surface area is 128 Å². The van der Waals surface area contributed by atoms with Crippen molar-refractivity contribution in [3.05, 3.63) is 65.7 Å². The quantitative estimate of drug-likeness (QED) is 0.691. The van der Waals surface area contributed by atoms with Crippen molar-refractivity contribution in [2.45, 2.75) is 26.7 Å². The molecule has 1 heteroatoms. The number of rotatable bonds is 7. The van der Waals surface area contributed by atoms with E-state index in [2.05, 4.69) is 79.8 Å². The molecule has 0 aliphatic heterocycles. The highest BCUT2D eigenvalue weighted by molar-refractivity contribution is 5.66. The Hall–Kier alpha value is -1.86. The molecule has 0 aromatic heterocycles. The highest BCUT2D eigenvalue weighted by Crippen LogP contribution is 2.20. The summed E-state index contributed by atoms with van der Waals surface area (Å²) < 4.78 is 0. The van der Waals surface area contributed by atoms with Crippen LogP contribution in [-0.4, -0.2) is 13.1 Å². The molecule has 1 N–H and O–H groups in total. The number of benzene rings is 2. The number of hydrogen-bond acceptors (Lipinski definition) is 1. The van der Waals surface area contributed by atoms with Gasteiger partial charge in [-0.1, -0.05) is 80.1 Å². The normalized spacial score (nSPS) is 11.6. The molecule has 0 fully saturated rings. The largest absolute Gasteiger partial charge is 0.313 e. The van der Waals surface area contributed by atoms with Crippen LogP contribution in [0.15, 0.2) is 60.2 Å². The Bertz CT molecular complexity index is 552. The summed E-state index contributed by atoms with van der Waals surface area (Å²) in [5.74, 6) is 0. The van der Waals surface area contributed by atoms with Crippen molar-refractivity contribution < 1.29 is 0 Å². The van der Waals surface area contributed by atoms with Gasteiger partial charge in [0.1, 0.15) is 0 Å². The summed E-state index contributed by atoms with van der Waals surface area (Å²) in [4.78, 5) is 0. The standard InChI is InChI=1S/C20H25N/c1-3-14-21-16-17(4-2)15-18-10-12-20(13-11-18)19-8-6-5-7-9-19/h5-13,15,21H,3-4,14,16H2,1-2H3. The molecule has 110 valence electrons. The molecule has 1 nitrogen and oxygen atoms in total. The first kappa shape index (κ1) is 15.5. The predicted molar refractivity (Wildman–Crippen MR) is 93.3 cm³/mol. The molecular formula is C20H25N. The lowest BCUT2D eigenvalue weighted by molar-refractivity contribution is 0.706. The van der Waals surface area contributed by atoms with Gasteiger partial charge in [-0.2, -0.15) is 0 Å². The molecule has 0 aliphatic rings. The molecule has 0 radical (unpaired) electrons. The van der Waals surface area contributed by atoms with Gasteiger partial charge in [0.05, 0.1) is 0 Å². The van der Waals surface area contributed by atoms with Gasteiger partial charge in [0.2, 0.25) is 0 Å². The van der Waals surface area contributed by atoms with E-state index in [1.54, 1.807) is 0 Å². The molecule has 0 heterocycles. The molecule has 0 saturated heterocycles. The Morgan fingerprint density at radius 1 is 0.905 bits per heavy atom. The zero-order valence-corrected chi connectivity index (χ0v) is 13.1. The zero-order valence-electron chi connectivity index (χ0n) is 13.1. The van der Waals surface area contributed by atoms with Gasteiger partial charge in [-0.15, -0.1) is 0 Å². The van der Waals surface area contributed by atoms with E-state index in [1.807, 2.05) is 0 Å². The van der Waals surface area contributed by atoms with Gasteiger partial charge in [-0.05, 0) is 36.1 Å². The van der Waals surface area contributed by atoms with Gasteiger partial charge in [0.15, 0.2) is 0 Å². The first-order chi connectivity index (χ1) is 10.3. The van der Waals surface area contributed by atoms with E-state index in [9.17, 15) is 0 Å². The van der Waals surface area contributed by atoms with E-state index in [0.717, 1.165) is 19.5 Å². The molecule has 2 aromatic rings. The van der Waals surface area contributed by atoms with Gasteiger partial charge in [0, 0.05) is 6.54 Å². The summed E-state index contributed by atoms with van der Waals surface area (Å²) in [6.07, 6.45) is 4.58. The maximum atomic E-state index is 3.48.